The number of thiophene rings is 1. The maximum atomic E-state index is 11.9. The highest BCUT2D eigenvalue weighted by Crippen LogP contribution is 2.33. The standard InChI is InChI=1S/C12H17N5O2S2/c1-7-8(2)20-12-10(7)11(16-13)14-9(15-12)6-17-4-3-5-21(17,18)19/h3-6,13H2,1-2H3,(H,14,15,16). The Labute approximate surface area is 127 Å². The highest BCUT2D eigenvalue weighted by molar-refractivity contribution is 7.89. The molecule has 0 bridgehead atoms. The lowest BCUT2D eigenvalue weighted by molar-refractivity contribution is 0.430. The van der Waals surface area contributed by atoms with Gasteiger partial charge >= 0.3 is 0 Å². The van der Waals surface area contributed by atoms with Gasteiger partial charge in [0.05, 0.1) is 17.7 Å². The fraction of sp³-hybridized carbons (Fsp3) is 0.500. The molecule has 0 saturated carbocycles. The van der Waals surface area contributed by atoms with Crippen molar-refractivity contribution in [2.75, 3.05) is 17.7 Å². The highest BCUT2D eigenvalue weighted by Gasteiger charge is 2.29. The van der Waals surface area contributed by atoms with Crippen molar-refractivity contribution in [2.24, 2.45) is 5.84 Å². The summed E-state index contributed by atoms with van der Waals surface area (Å²) in [7, 11) is -3.16. The molecule has 0 unspecified atom stereocenters. The maximum absolute atomic E-state index is 11.9. The van der Waals surface area contributed by atoms with Gasteiger partial charge in [-0.1, -0.05) is 0 Å². The van der Waals surface area contributed by atoms with Gasteiger partial charge in [-0.3, -0.25) is 0 Å². The van der Waals surface area contributed by atoms with Crippen LogP contribution in [0.4, 0.5) is 5.82 Å². The van der Waals surface area contributed by atoms with Gasteiger partial charge in [-0.25, -0.2) is 24.2 Å². The minimum Gasteiger partial charge on any atom is -0.308 e. The molecule has 3 N–H and O–H groups in total. The summed E-state index contributed by atoms with van der Waals surface area (Å²) in [6.07, 6.45) is 0.657. The topological polar surface area (TPSA) is 101 Å². The molecule has 2 aromatic heterocycles. The minimum absolute atomic E-state index is 0.197. The Kier molecular flexibility index (Phi) is 3.60. The predicted molar refractivity (Wildman–Crippen MR) is 83.5 cm³/mol. The van der Waals surface area contributed by atoms with Crippen molar-refractivity contribution >= 4 is 37.4 Å². The second kappa shape index (κ2) is 5.16. The van der Waals surface area contributed by atoms with E-state index in [1.807, 2.05) is 13.8 Å². The summed E-state index contributed by atoms with van der Waals surface area (Å²) in [5.74, 6) is 6.78. The molecule has 1 aliphatic heterocycles. The molecule has 0 aliphatic carbocycles. The van der Waals surface area contributed by atoms with Gasteiger partial charge < -0.3 is 5.43 Å². The lowest BCUT2D eigenvalue weighted by atomic mass is 10.2. The van der Waals surface area contributed by atoms with E-state index in [2.05, 4.69) is 15.4 Å². The van der Waals surface area contributed by atoms with Crippen LogP contribution in [0, 0.1) is 13.8 Å². The summed E-state index contributed by atoms with van der Waals surface area (Å²) >= 11 is 1.57. The molecule has 0 radical (unpaired) electrons. The molecule has 1 aliphatic rings. The van der Waals surface area contributed by atoms with Crippen LogP contribution < -0.4 is 11.3 Å². The number of nitrogens with zero attached hydrogens (tertiary/aromatic N) is 3. The van der Waals surface area contributed by atoms with E-state index < -0.39 is 10.0 Å². The van der Waals surface area contributed by atoms with Gasteiger partial charge in [0.2, 0.25) is 10.0 Å². The van der Waals surface area contributed by atoms with E-state index >= 15 is 0 Å². The van der Waals surface area contributed by atoms with Gasteiger partial charge in [0, 0.05) is 11.4 Å². The number of hydrogen-bond acceptors (Lipinski definition) is 7. The number of nitrogens with one attached hydrogen (secondary N) is 1. The Bertz CT molecular complexity index is 800. The fourth-order valence-electron chi connectivity index (χ4n) is 2.50. The fourth-order valence-corrected chi connectivity index (χ4v) is 5.02. The van der Waals surface area contributed by atoms with Crippen molar-refractivity contribution in [1.82, 2.24) is 14.3 Å². The first-order valence-electron chi connectivity index (χ1n) is 6.63. The first-order valence-corrected chi connectivity index (χ1v) is 9.06. The molecule has 21 heavy (non-hydrogen) atoms. The van der Waals surface area contributed by atoms with E-state index in [0.717, 1.165) is 20.7 Å². The number of nitrogen functional groups attached to an aromatic ring is 1. The Morgan fingerprint density at radius 3 is 2.76 bits per heavy atom. The number of aryl methyl sites for hydroxylation is 2. The summed E-state index contributed by atoms with van der Waals surface area (Å²) in [6, 6.07) is 0. The van der Waals surface area contributed by atoms with Crippen LogP contribution in [0.1, 0.15) is 22.7 Å². The molecule has 0 atom stereocenters. The highest BCUT2D eigenvalue weighted by atomic mass is 32.2. The van der Waals surface area contributed by atoms with Crippen LogP contribution in [0.25, 0.3) is 10.2 Å². The monoisotopic (exact) mass is 327 g/mol. The number of hydrazine groups is 1. The van der Waals surface area contributed by atoms with Crippen LogP contribution in [0.2, 0.25) is 0 Å². The number of nitrogens with two attached hydrogens (primary N) is 1. The van der Waals surface area contributed by atoms with Crippen molar-refractivity contribution in [3.63, 3.8) is 0 Å². The van der Waals surface area contributed by atoms with E-state index in [-0.39, 0.29) is 12.3 Å². The summed E-state index contributed by atoms with van der Waals surface area (Å²) in [5.41, 5.74) is 3.70. The van der Waals surface area contributed by atoms with Crippen molar-refractivity contribution in [2.45, 2.75) is 26.8 Å². The lowest BCUT2D eigenvalue weighted by Crippen LogP contribution is -2.26. The molecular weight excluding hydrogens is 310 g/mol. The lowest BCUT2D eigenvalue weighted by Gasteiger charge is -2.13. The van der Waals surface area contributed by atoms with Crippen LogP contribution in [0.15, 0.2) is 0 Å². The Balaban J connectivity index is 2.04. The van der Waals surface area contributed by atoms with Gasteiger partial charge in [0.25, 0.3) is 0 Å². The molecule has 9 heteroatoms. The van der Waals surface area contributed by atoms with E-state index in [4.69, 9.17) is 5.84 Å². The number of sulfonamides is 1. The number of aromatic nitrogens is 2. The largest absolute Gasteiger partial charge is 0.308 e. The summed E-state index contributed by atoms with van der Waals surface area (Å²) in [5, 5.41) is 0.910. The van der Waals surface area contributed by atoms with E-state index in [9.17, 15) is 8.42 Å². The Morgan fingerprint density at radius 2 is 2.14 bits per heavy atom. The van der Waals surface area contributed by atoms with Gasteiger partial charge in [-0.05, 0) is 25.8 Å². The summed E-state index contributed by atoms with van der Waals surface area (Å²) in [4.78, 5) is 10.9. The Morgan fingerprint density at radius 1 is 1.38 bits per heavy atom. The molecule has 1 saturated heterocycles. The number of fused-ring (bicyclic) bond motifs is 1. The molecule has 3 rings (SSSR count). The minimum atomic E-state index is -3.16. The molecule has 3 heterocycles. The van der Waals surface area contributed by atoms with Crippen LogP contribution in [0.3, 0.4) is 0 Å². The molecule has 0 amide bonds. The SMILES string of the molecule is Cc1sc2nc(CN3CCCS3(=O)=O)nc(NN)c2c1C. The van der Waals surface area contributed by atoms with Crippen LogP contribution in [-0.4, -0.2) is 35.0 Å². The summed E-state index contributed by atoms with van der Waals surface area (Å²) < 4.78 is 25.2. The molecule has 0 aromatic carbocycles. The first kappa shape index (κ1) is 14.6. The third-order valence-electron chi connectivity index (χ3n) is 3.73. The summed E-state index contributed by atoms with van der Waals surface area (Å²) in [6.45, 7) is 4.75. The molecule has 0 spiro atoms. The van der Waals surface area contributed by atoms with Crippen LogP contribution >= 0.6 is 11.3 Å². The first-order chi connectivity index (χ1) is 9.92. The zero-order valence-corrected chi connectivity index (χ0v) is 13.5. The van der Waals surface area contributed by atoms with Crippen molar-refractivity contribution < 1.29 is 8.42 Å². The smallest absolute Gasteiger partial charge is 0.214 e. The van der Waals surface area contributed by atoms with Gasteiger partial charge in [-0.2, -0.15) is 4.31 Å². The Hall–Kier alpha value is -1.29. The zero-order valence-electron chi connectivity index (χ0n) is 11.9. The van der Waals surface area contributed by atoms with Crippen LogP contribution in [0.5, 0.6) is 0 Å². The normalized spacial score (nSPS) is 18.4. The number of hydrogen-bond donors (Lipinski definition) is 2. The van der Waals surface area contributed by atoms with E-state index in [1.54, 1.807) is 11.3 Å². The molecule has 114 valence electrons. The third kappa shape index (κ3) is 2.50. The van der Waals surface area contributed by atoms with Crippen molar-refractivity contribution in [1.29, 1.82) is 0 Å². The van der Waals surface area contributed by atoms with Crippen LogP contribution in [-0.2, 0) is 16.6 Å². The second-order valence-corrected chi connectivity index (χ2v) is 8.39. The van der Waals surface area contributed by atoms with Gasteiger partial charge in [0.1, 0.15) is 10.7 Å². The van der Waals surface area contributed by atoms with E-state index in [1.165, 1.54) is 4.31 Å². The average molecular weight is 327 g/mol. The molecule has 2 aromatic rings. The number of rotatable bonds is 3. The molecule has 7 nitrogen and oxygen atoms in total. The average Bonchev–Trinajstić information content (AvgIpc) is 2.90. The van der Waals surface area contributed by atoms with E-state index in [0.29, 0.717) is 24.6 Å². The molecule has 1 fully saturated rings. The van der Waals surface area contributed by atoms with Crippen molar-refractivity contribution in [3.8, 4) is 0 Å². The zero-order chi connectivity index (χ0) is 15.2. The van der Waals surface area contributed by atoms with Gasteiger partial charge in [0.15, 0.2) is 5.82 Å². The number of anilines is 1. The van der Waals surface area contributed by atoms with Crippen molar-refractivity contribution in [3.05, 3.63) is 16.3 Å². The molecular formula is C12H17N5O2S2. The van der Waals surface area contributed by atoms with Gasteiger partial charge in [-0.15, -0.1) is 11.3 Å². The predicted octanol–water partition coefficient (Wildman–Crippen LogP) is 1.13. The third-order valence-corrected chi connectivity index (χ3v) is 6.74. The second-order valence-electron chi connectivity index (χ2n) is 5.10. The quantitative estimate of drug-likeness (QED) is 0.647. The maximum Gasteiger partial charge on any atom is 0.214 e.